The largest absolute Gasteiger partial charge is 0.363 e. The van der Waals surface area contributed by atoms with Crippen molar-refractivity contribution in [3.8, 4) is 11.1 Å². The van der Waals surface area contributed by atoms with Crippen molar-refractivity contribution in [3.63, 3.8) is 0 Å². The van der Waals surface area contributed by atoms with Crippen molar-refractivity contribution in [3.05, 3.63) is 71.1 Å². The van der Waals surface area contributed by atoms with Gasteiger partial charge in [-0.25, -0.2) is 4.98 Å². The Hall–Kier alpha value is -3.90. The number of nitrogens with zero attached hydrogens (tertiary/aromatic N) is 4. The van der Waals surface area contributed by atoms with Crippen LogP contribution in [-0.2, 0) is 25.4 Å². The van der Waals surface area contributed by atoms with Crippen molar-refractivity contribution < 1.29 is 23.8 Å². The van der Waals surface area contributed by atoms with E-state index in [1.165, 1.54) is 4.88 Å². The molecule has 3 atom stereocenters. The number of ether oxygens (including phenoxy) is 3. The Bertz CT molecular complexity index is 1680. The number of aromatic nitrogens is 2. The number of fused-ring (bicyclic) bond motifs is 2. The second kappa shape index (κ2) is 11.6. The highest BCUT2D eigenvalue weighted by molar-refractivity contribution is 7.18. The van der Waals surface area contributed by atoms with E-state index < -0.39 is 18.0 Å². The standard InChI is InChI=1S/C33H35N5O5S/c1-4-23-18-24-28(34-32(36-30(24)44-23)35-29(39)27-26-25(19-41-27)42-33(2,3)43-26)37-14-16-38(17-15-37)31(40)22-12-10-21(11-13-22)20-8-6-5-7-9-20/h5-13,18,25-27H,4,14-17,19H2,1-3H3,(H,34,35,36,39)/t25-,26-,27+/m0/s1. The van der Waals surface area contributed by atoms with E-state index in [9.17, 15) is 9.59 Å². The van der Waals surface area contributed by atoms with Crippen molar-refractivity contribution in [1.82, 2.24) is 14.9 Å². The zero-order valence-electron chi connectivity index (χ0n) is 25.0. The quantitative estimate of drug-likeness (QED) is 0.333. The second-order valence-corrected chi connectivity index (χ2v) is 12.9. The third kappa shape index (κ3) is 5.56. The zero-order chi connectivity index (χ0) is 30.4. The molecule has 1 N–H and O–H groups in total. The van der Waals surface area contributed by atoms with E-state index >= 15 is 0 Å². The number of piperazine rings is 1. The third-order valence-corrected chi connectivity index (χ3v) is 9.50. The van der Waals surface area contributed by atoms with Crippen LogP contribution >= 0.6 is 11.3 Å². The SMILES string of the molecule is CCc1cc2c(N3CCN(C(=O)c4ccc(-c5ccccc5)cc4)CC3)nc(NC(=O)[C@@H]3OC[C@@H]4OC(C)(C)O[C@@H]43)nc2s1. The van der Waals surface area contributed by atoms with Crippen LogP contribution < -0.4 is 10.2 Å². The monoisotopic (exact) mass is 613 g/mol. The van der Waals surface area contributed by atoms with Crippen LogP contribution in [0.5, 0.6) is 0 Å². The molecule has 7 rings (SSSR count). The molecule has 0 unspecified atom stereocenters. The van der Waals surface area contributed by atoms with E-state index in [1.807, 2.05) is 61.2 Å². The van der Waals surface area contributed by atoms with Crippen LogP contribution in [0.4, 0.5) is 11.8 Å². The van der Waals surface area contributed by atoms with Crippen molar-refractivity contribution >= 4 is 45.1 Å². The van der Waals surface area contributed by atoms with E-state index in [2.05, 4.69) is 35.3 Å². The van der Waals surface area contributed by atoms with Crippen LogP contribution in [0.15, 0.2) is 60.7 Å². The first kappa shape index (κ1) is 28.8. The highest BCUT2D eigenvalue weighted by Gasteiger charge is 2.52. The molecular weight excluding hydrogens is 578 g/mol. The maximum atomic E-state index is 13.4. The summed E-state index contributed by atoms with van der Waals surface area (Å²) >= 11 is 1.60. The van der Waals surface area contributed by atoms with Gasteiger partial charge in [0.1, 0.15) is 22.9 Å². The topological polar surface area (TPSA) is 106 Å². The Labute approximate surface area is 259 Å². The molecule has 44 heavy (non-hydrogen) atoms. The van der Waals surface area contributed by atoms with Gasteiger partial charge in [-0.1, -0.05) is 49.4 Å². The molecule has 0 radical (unpaired) electrons. The van der Waals surface area contributed by atoms with Crippen LogP contribution in [-0.4, -0.2) is 83.6 Å². The molecular formula is C33H35N5O5S. The smallest absolute Gasteiger partial charge is 0.258 e. The van der Waals surface area contributed by atoms with Gasteiger partial charge in [-0.05, 0) is 49.6 Å². The van der Waals surface area contributed by atoms with Crippen molar-refractivity contribution in [2.24, 2.45) is 0 Å². The minimum atomic E-state index is -0.810. The molecule has 2 aromatic heterocycles. The van der Waals surface area contributed by atoms with Gasteiger partial charge in [-0.2, -0.15) is 4.98 Å². The molecule has 228 valence electrons. The number of hydrogen-bond donors (Lipinski definition) is 1. The molecule has 3 fully saturated rings. The number of carbonyl (C=O) groups is 2. The minimum Gasteiger partial charge on any atom is -0.363 e. The lowest BCUT2D eigenvalue weighted by Gasteiger charge is -2.35. The average molecular weight is 614 g/mol. The molecule has 0 bridgehead atoms. The van der Waals surface area contributed by atoms with Gasteiger partial charge in [-0.15, -0.1) is 11.3 Å². The molecule has 5 heterocycles. The first-order chi connectivity index (χ1) is 21.3. The van der Waals surface area contributed by atoms with E-state index in [-0.39, 0.29) is 23.9 Å². The number of hydrogen-bond acceptors (Lipinski definition) is 9. The number of amides is 2. The number of thiophene rings is 1. The van der Waals surface area contributed by atoms with E-state index in [4.69, 9.17) is 24.2 Å². The fourth-order valence-electron chi connectivity index (χ4n) is 6.12. The number of aryl methyl sites for hydroxylation is 1. The first-order valence-corrected chi connectivity index (χ1v) is 15.9. The molecule has 4 aromatic rings. The molecule has 0 saturated carbocycles. The number of nitrogens with one attached hydrogen (secondary N) is 1. The number of rotatable bonds is 6. The molecule has 10 nitrogen and oxygen atoms in total. The summed E-state index contributed by atoms with van der Waals surface area (Å²) in [7, 11) is 0. The summed E-state index contributed by atoms with van der Waals surface area (Å²) in [5, 5.41) is 3.83. The van der Waals surface area contributed by atoms with Gasteiger partial charge < -0.3 is 24.0 Å². The predicted octanol–water partition coefficient (Wildman–Crippen LogP) is 4.74. The predicted molar refractivity (Wildman–Crippen MR) is 169 cm³/mol. The zero-order valence-corrected chi connectivity index (χ0v) is 25.8. The van der Waals surface area contributed by atoms with Crippen LogP contribution in [0.2, 0.25) is 0 Å². The fraction of sp³-hybridized carbons (Fsp3) is 0.394. The summed E-state index contributed by atoms with van der Waals surface area (Å²) in [4.78, 5) is 42.2. The number of anilines is 2. The Balaban J connectivity index is 1.06. The second-order valence-electron chi connectivity index (χ2n) is 11.8. The normalized spacial score (nSPS) is 22.8. The Morgan fingerprint density at radius 3 is 2.43 bits per heavy atom. The molecule has 3 aliphatic rings. The van der Waals surface area contributed by atoms with Crippen molar-refractivity contribution in [1.29, 1.82) is 0 Å². The van der Waals surface area contributed by atoms with Gasteiger partial charge >= 0.3 is 0 Å². The van der Waals surface area contributed by atoms with Crippen LogP contribution in [0.25, 0.3) is 21.3 Å². The van der Waals surface area contributed by atoms with Crippen molar-refractivity contribution in [2.75, 3.05) is 43.0 Å². The van der Waals surface area contributed by atoms with Gasteiger partial charge in [0.2, 0.25) is 5.95 Å². The van der Waals surface area contributed by atoms with Gasteiger partial charge in [0.05, 0.1) is 12.0 Å². The summed E-state index contributed by atoms with van der Waals surface area (Å²) in [5.41, 5.74) is 2.88. The average Bonchev–Trinajstić information content (AvgIpc) is 3.72. The van der Waals surface area contributed by atoms with Gasteiger partial charge in [0.15, 0.2) is 11.9 Å². The van der Waals surface area contributed by atoms with Crippen molar-refractivity contribution in [2.45, 2.75) is 51.3 Å². The summed E-state index contributed by atoms with van der Waals surface area (Å²) in [6.07, 6.45) is -0.707. The lowest BCUT2D eigenvalue weighted by atomic mass is 10.0. The van der Waals surface area contributed by atoms with Crippen LogP contribution in [0, 0.1) is 0 Å². The summed E-state index contributed by atoms with van der Waals surface area (Å²) in [6, 6.07) is 20.1. The molecule has 3 saturated heterocycles. The summed E-state index contributed by atoms with van der Waals surface area (Å²) < 4.78 is 17.6. The fourth-order valence-corrected chi connectivity index (χ4v) is 7.08. The molecule has 0 aliphatic carbocycles. The van der Waals surface area contributed by atoms with Crippen LogP contribution in [0.3, 0.4) is 0 Å². The molecule has 2 aromatic carbocycles. The van der Waals surface area contributed by atoms with E-state index in [0.29, 0.717) is 38.3 Å². The lowest BCUT2D eigenvalue weighted by molar-refractivity contribution is -0.176. The molecule has 3 aliphatic heterocycles. The highest BCUT2D eigenvalue weighted by atomic mass is 32.1. The third-order valence-electron chi connectivity index (χ3n) is 8.33. The maximum absolute atomic E-state index is 13.4. The van der Waals surface area contributed by atoms with Gasteiger partial charge in [0, 0.05) is 36.6 Å². The number of benzene rings is 2. The minimum absolute atomic E-state index is 0.0185. The van der Waals surface area contributed by atoms with E-state index in [0.717, 1.165) is 33.6 Å². The van der Waals surface area contributed by atoms with Gasteiger partial charge in [-0.3, -0.25) is 14.9 Å². The summed E-state index contributed by atoms with van der Waals surface area (Å²) in [6.45, 7) is 8.41. The molecule has 2 amide bonds. The Morgan fingerprint density at radius 2 is 1.70 bits per heavy atom. The number of carbonyl (C=O) groups excluding carboxylic acids is 2. The maximum Gasteiger partial charge on any atom is 0.258 e. The molecule has 11 heteroatoms. The lowest BCUT2D eigenvalue weighted by Crippen LogP contribution is -2.49. The van der Waals surface area contributed by atoms with E-state index in [1.54, 1.807) is 11.3 Å². The highest BCUT2D eigenvalue weighted by Crippen LogP contribution is 2.36. The Kier molecular flexibility index (Phi) is 7.57. The van der Waals surface area contributed by atoms with Crippen LogP contribution in [0.1, 0.15) is 36.0 Å². The summed E-state index contributed by atoms with van der Waals surface area (Å²) in [5.74, 6) is -0.116. The Morgan fingerprint density at radius 1 is 0.977 bits per heavy atom. The first-order valence-electron chi connectivity index (χ1n) is 15.1. The van der Waals surface area contributed by atoms with Gasteiger partial charge in [0.25, 0.3) is 11.8 Å². The molecule has 0 spiro atoms.